The van der Waals surface area contributed by atoms with E-state index in [1.165, 1.54) is 38.4 Å². The van der Waals surface area contributed by atoms with Crippen molar-refractivity contribution in [3.63, 3.8) is 0 Å². The first kappa shape index (κ1) is 29.0. The molecule has 0 aliphatic heterocycles. The molecule has 11 nitrogen and oxygen atoms in total. The van der Waals surface area contributed by atoms with Crippen LogP contribution in [0.15, 0.2) is 48.5 Å². The molecule has 0 fully saturated rings. The predicted molar refractivity (Wildman–Crippen MR) is 134 cm³/mol. The van der Waals surface area contributed by atoms with Crippen molar-refractivity contribution in [2.45, 2.75) is 44.9 Å². The number of ether oxygens (including phenoxy) is 2. The first-order valence-corrected chi connectivity index (χ1v) is 11.5. The zero-order valence-corrected chi connectivity index (χ0v) is 21.5. The minimum Gasteiger partial charge on any atom is -0.508 e. The summed E-state index contributed by atoms with van der Waals surface area (Å²) in [4.78, 5) is 52.0. The van der Waals surface area contributed by atoms with Gasteiger partial charge in [0.05, 0.1) is 7.11 Å². The predicted octanol–water partition coefficient (Wildman–Crippen LogP) is 2.02. The number of methoxy groups -OCH3 is 1. The van der Waals surface area contributed by atoms with E-state index >= 15 is 0 Å². The molecular formula is C26H33N3O8. The van der Waals surface area contributed by atoms with Crippen LogP contribution in [0.4, 0.5) is 4.79 Å². The number of nitrogens with one attached hydrogen (secondary N) is 2. The molecular weight excluding hydrogens is 482 g/mol. The van der Waals surface area contributed by atoms with Gasteiger partial charge < -0.3 is 35.2 Å². The largest absolute Gasteiger partial charge is 0.508 e. The molecule has 2 unspecified atom stereocenters. The lowest BCUT2D eigenvalue weighted by Crippen LogP contribution is -2.52. The Kier molecular flexibility index (Phi) is 9.87. The number of amides is 3. The molecule has 2 aromatic carbocycles. The summed E-state index contributed by atoms with van der Waals surface area (Å²) < 4.78 is 9.86. The highest BCUT2D eigenvalue weighted by Gasteiger charge is 2.35. The third-order valence-corrected chi connectivity index (χ3v) is 5.21. The zero-order valence-electron chi connectivity index (χ0n) is 21.5. The number of carbonyl (C=O) groups is 4. The third-order valence-electron chi connectivity index (χ3n) is 5.21. The number of phenols is 2. The van der Waals surface area contributed by atoms with Gasteiger partial charge in [0.2, 0.25) is 11.8 Å². The average molecular weight is 516 g/mol. The van der Waals surface area contributed by atoms with Crippen LogP contribution in [0.3, 0.4) is 0 Å². The monoisotopic (exact) mass is 515 g/mol. The number of hydrogen-bond acceptors (Lipinski definition) is 8. The van der Waals surface area contributed by atoms with Crippen molar-refractivity contribution in [2.75, 3.05) is 20.7 Å². The molecule has 2 atom stereocenters. The highest BCUT2D eigenvalue weighted by molar-refractivity contribution is 5.93. The van der Waals surface area contributed by atoms with Crippen LogP contribution >= 0.6 is 0 Å². The van der Waals surface area contributed by atoms with Crippen LogP contribution in [0.25, 0.3) is 0 Å². The lowest BCUT2D eigenvalue weighted by Gasteiger charge is -2.32. The molecule has 0 aliphatic carbocycles. The molecule has 200 valence electrons. The number of phenolic OH excluding ortho intramolecular Hbond substituents is 2. The molecule has 0 bridgehead atoms. The van der Waals surface area contributed by atoms with Crippen LogP contribution in [0, 0.1) is 0 Å². The molecule has 0 saturated heterocycles. The van der Waals surface area contributed by atoms with Crippen LogP contribution in [-0.2, 0) is 30.3 Å². The molecule has 4 N–H and O–H groups in total. The summed E-state index contributed by atoms with van der Waals surface area (Å²) in [6, 6.07) is 9.53. The van der Waals surface area contributed by atoms with Gasteiger partial charge in [0.15, 0.2) is 0 Å². The minimum absolute atomic E-state index is 0.0139. The van der Waals surface area contributed by atoms with Crippen molar-refractivity contribution in [3.8, 4) is 11.5 Å². The molecule has 3 amide bonds. The second-order valence-electron chi connectivity index (χ2n) is 9.27. The fourth-order valence-electron chi connectivity index (χ4n) is 3.46. The first-order chi connectivity index (χ1) is 17.3. The maximum Gasteiger partial charge on any atom is 0.408 e. The Bertz CT molecular complexity index is 1110. The van der Waals surface area contributed by atoms with E-state index in [4.69, 9.17) is 4.74 Å². The van der Waals surface area contributed by atoms with Crippen molar-refractivity contribution >= 4 is 23.9 Å². The van der Waals surface area contributed by atoms with Crippen LogP contribution in [0.5, 0.6) is 11.5 Å². The van der Waals surface area contributed by atoms with Crippen molar-refractivity contribution in [2.24, 2.45) is 0 Å². The lowest BCUT2D eigenvalue weighted by molar-refractivity contribution is -0.143. The quantitative estimate of drug-likeness (QED) is 0.370. The van der Waals surface area contributed by atoms with Crippen LogP contribution in [-0.4, -0.2) is 71.3 Å². The number of alkyl carbamates (subject to hydrolysis) is 1. The SMILES string of the molecule is COC(=O)CNC(=O)C(c1ccccc1O)N(C)C(=O)C(Cc1ccc(O)cc1)NC(=O)OC(C)(C)C. The van der Waals surface area contributed by atoms with Crippen LogP contribution in [0.2, 0.25) is 0 Å². The first-order valence-electron chi connectivity index (χ1n) is 11.5. The number of likely N-dealkylation sites (N-methyl/N-ethyl adjacent to an activating group) is 1. The molecule has 11 heteroatoms. The number of esters is 1. The van der Waals surface area contributed by atoms with E-state index in [0.29, 0.717) is 5.56 Å². The van der Waals surface area contributed by atoms with E-state index in [1.54, 1.807) is 45.0 Å². The van der Waals surface area contributed by atoms with E-state index < -0.39 is 48.1 Å². The van der Waals surface area contributed by atoms with E-state index in [2.05, 4.69) is 15.4 Å². The standard InChI is InChI=1S/C26H33N3O8/c1-26(2,3)37-25(35)28-19(14-16-10-12-17(30)13-11-16)24(34)29(4)22(18-8-6-7-9-20(18)31)23(33)27-15-21(32)36-5/h6-13,19,22,30-31H,14-15H2,1-5H3,(H,27,33)(H,28,35). The van der Waals surface area contributed by atoms with Gasteiger partial charge in [0, 0.05) is 19.0 Å². The highest BCUT2D eigenvalue weighted by Crippen LogP contribution is 2.29. The number of carbonyl (C=O) groups excluding carboxylic acids is 4. The number of rotatable bonds is 9. The zero-order chi connectivity index (χ0) is 27.8. The van der Waals surface area contributed by atoms with Crippen molar-refractivity contribution in [3.05, 3.63) is 59.7 Å². The Morgan fingerprint density at radius 2 is 1.62 bits per heavy atom. The van der Waals surface area contributed by atoms with Gasteiger partial charge in [-0.15, -0.1) is 0 Å². The molecule has 0 spiro atoms. The molecule has 37 heavy (non-hydrogen) atoms. The molecule has 0 heterocycles. The van der Waals surface area contributed by atoms with Gasteiger partial charge in [-0.3, -0.25) is 14.4 Å². The summed E-state index contributed by atoms with van der Waals surface area (Å²) in [7, 11) is 2.51. The van der Waals surface area contributed by atoms with Gasteiger partial charge in [-0.05, 0) is 44.5 Å². The lowest BCUT2D eigenvalue weighted by atomic mass is 10.0. The van der Waals surface area contributed by atoms with Crippen molar-refractivity contribution < 1.29 is 38.9 Å². The summed E-state index contributed by atoms with van der Waals surface area (Å²) in [5.74, 6) is -2.32. The topological polar surface area (TPSA) is 154 Å². The summed E-state index contributed by atoms with van der Waals surface area (Å²) in [5.41, 5.74) is -0.0925. The number of nitrogens with zero attached hydrogens (tertiary/aromatic N) is 1. The molecule has 0 saturated carbocycles. The van der Waals surface area contributed by atoms with Gasteiger partial charge >= 0.3 is 12.1 Å². The van der Waals surface area contributed by atoms with Crippen LogP contribution < -0.4 is 10.6 Å². The minimum atomic E-state index is -1.35. The second-order valence-corrected chi connectivity index (χ2v) is 9.27. The highest BCUT2D eigenvalue weighted by atomic mass is 16.6. The number of aromatic hydroxyl groups is 2. The summed E-state index contributed by atoms with van der Waals surface area (Å²) in [5, 5.41) is 25.0. The number of benzene rings is 2. The molecule has 2 aromatic rings. The van der Waals surface area contributed by atoms with E-state index in [0.717, 1.165) is 4.90 Å². The Labute approximate surface area is 215 Å². The Balaban J connectivity index is 2.41. The summed E-state index contributed by atoms with van der Waals surface area (Å²) in [6.45, 7) is 4.58. The smallest absolute Gasteiger partial charge is 0.408 e. The summed E-state index contributed by atoms with van der Waals surface area (Å²) >= 11 is 0. The Morgan fingerprint density at radius 1 is 1.00 bits per heavy atom. The molecule has 0 aromatic heterocycles. The third kappa shape index (κ3) is 8.71. The van der Waals surface area contributed by atoms with Crippen molar-refractivity contribution in [1.29, 1.82) is 0 Å². The van der Waals surface area contributed by atoms with Gasteiger partial charge in [-0.2, -0.15) is 0 Å². The normalized spacial score (nSPS) is 12.6. The number of hydrogen-bond donors (Lipinski definition) is 4. The van der Waals surface area contributed by atoms with E-state index in [9.17, 15) is 29.4 Å². The molecule has 0 radical (unpaired) electrons. The fourth-order valence-corrected chi connectivity index (χ4v) is 3.46. The maximum atomic E-state index is 13.7. The fraction of sp³-hybridized carbons (Fsp3) is 0.385. The Hall–Kier alpha value is -4.28. The Morgan fingerprint density at radius 3 is 2.19 bits per heavy atom. The van der Waals surface area contributed by atoms with Gasteiger partial charge in [-0.25, -0.2) is 4.79 Å². The average Bonchev–Trinajstić information content (AvgIpc) is 2.83. The van der Waals surface area contributed by atoms with Gasteiger partial charge in [0.25, 0.3) is 0 Å². The maximum absolute atomic E-state index is 13.7. The van der Waals surface area contributed by atoms with Gasteiger partial charge in [0.1, 0.15) is 35.7 Å². The molecule has 0 aliphatic rings. The van der Waals surface area contributed by atoms with Gasteiger partial charge in [-0.1, -0.05) is 30.3 Å². The van der Waals surface area contributed by atoms with E-state index in [1.807, 2.05) is 0 Å². The summed E-state index contributed by atoms with van der Waals surface area (Å²) in [6.07, 6.45) is -0.827. The van der Waals surface area contributed by atoms with Crippen molar-refractivity contribution in [1.82, 2.24) is 15.5 Å². The van der Waals surface area contributed by atoms with E-state index in [-0.39, 0.29) is 23.5 Å². The second kappa shape index (κ2) is 12.6. The van der Waals surface area contributed by atoms with Crippen LogP contribution in [0.1, 0.15) is 37.9 Å². The molecule has 2 rings (SSSR count). The number of para-hydroxylation sites is 1.